The van der Waals surface area contributed by atoms with Crippen LogP contribution >= 0.6 is 0 Å². The van der Waals surface area contributed by atoms with Gasteiger partial charge in [0.2, 0.25) is 0 Å². The molecule has 0 atom stereocenters. The number of nitrogens with one attached hydrogen (secondary N) is 1. The van der Waals surface area contributed by atoms with Gasteiger partial charge in [-0.25, -0.2) is 9.97 Å². The van der Waals surface area contributed by atoms with E-state index < -0.39 is 0 Å². The van der Waals surface area contributed by atoms with E-state index in [0.717, 1.165) is 18.4 Å². The first-order chi connectivity index (χ1) is 5.84. The quantitative estimate of drug-likeness (QED) is 0.723. The van der Waals surface area contributed by atoms with Gasteiger partial charge in [-0.2, -0.15) is 0 Å². The van der Waals surface area contributed by atoms with Crippen LogP contribution in [0.2, 0.25) is 0 Å². The van der Waals surface area contributed by atoms with Crippen molar-refractivity contribution in [3.63, 3.8) is 0 Å². The summed E-state index contributed by atoms with van der Waals surface area (Å²) in [5.41, 5.74) is 1.17. The van der Waals surface area contributed by atoms with E-state index in [0.29, 0.717) is 0 Å². The first kappa shape index (κ1) is 7.68. The largest absolute Gasteiger partial charge is 0.310 e. The fourth-order valence-corrected chi connectivity index (χ4v) is 1.06. The molecule has 1 fully saturated rings. The number of aryl methyl sites for hydroxylation is 1. The summed E-state index contributed by atoms with van der Waals surface area (Å²) in [7, 11) is 0. The number of nitrogens with zero attached hydrogens (tertiary/aromatic N) is 2. The molecule has 0 saturated heterocycles. The summed E-state index contributed by atoms with van der Waals surface area (Å²) >= 11 is 0. The summed E-state index contributed by atoms with van der Waals surface area (Å²) in [6.45, 7) is 2.81. The fraction of sp³-hybridized carbons (Fsp3) is 0.556. The van der Waals surface area contributed by atoms with Crippen LogP contribution in [-0.4, -0.2) is 16.0 Å². The van der Waals surface area contributed by atoms with Crippen LogP contribution in [0, 0.1) is 6.92 Å². The van der Waals surface area contributed by atoms with E-state index in [1.54, 1.807) is 0 Å². The van der Waals surface area contributed by atoms with Crippen LogP contribution in [0.15, 0.2) is 12.4 Å². The second-order valence-electron chi connectivity index (χ2n) is 3.29. The Morgan fingerprint density at radius 3 is 2.67 bits per heavy atom. The Morgan fingerprint density at radius 1 is 1.42 bits per heavy atom. The van der Waals surface area contributed by atoms with Gasteiger partial charge in [0.25, 0.3) is 0 Å². The van der Waals surface area contributed by atoms with E-state index in [4.69, 9.17) is 0 Å². The van der Waals surface area contributed by atoms with E-state index >= 15 is 0 Å². The second kappa shape index (κ2) is 3.19. The molecule has 1 saturated carbocycles. The monoisotopic (exact) mass is 163 g/mol. The van der Waals surface area contributed by atoms with Gasteiger partial charge in [0.1, 0.15) is 5.82 Å². The Balaban J connectivity index is 1.89. The number of hydrogen-bond donors (Lipinski definition) is 1. The van der Waals surface area contributed by atoms with Gasteiger partial charge in [0.15, 0.2) is 0 Å². The van der Waals surface area contributed by atoms with Crippen molar-refractivity contribution in [2.75, 3.05) is 0 Å². The maximum atomic E-state index is 4.13. The second-order valence-corrected chi connectivity index (χ2v) is 3.29. The summed E-state index contributed by atoms with van der Waals surface area (Å²) in [6, 6.07) is 0.756. The highest BCUT2D eigenvalue weighted by atomic mass is 15.0. The van der Waals surface area contributed by atoms with Crippen molar-refractivity contribution in [2.45, 2.75) is 32.4 Å². The Morgan fingerprint density at radius 2 is 2.08 bits per heavy atom. The molecule has 1 heterocycles. The van der Waals surface area contributed by atoms with Crippen LogP contribution in [0.5, 0.6) is 0 Å². The van der Waals surface area contributed by atoms with Crippen LogP contribution in [0.3, 0.4) is 0 Å². The Kier molecular flexibility index (Phi) is 2.04. The summed E-state index contributed by atoms with van der Waals surface area (Å²) < 4.78 is 0. The minimum Gasteiger partial charge on any atom is -0.310 e. The Bertz CT molecular complexity index is 251. The molecule has 0 radical (unpaired) electrons. The van der Waals surface area contributed by atoms with Gasteiger partial charge in [0.05, 0.1) is 0 Å². The molecule has 0 unspecified atom stereocenters. The maximum absolute atomic E-state index is 4.13. The lowest BCUT2D eigenvalue weighted by Crippen LogP contribution is -2.15. The molecule has 3 heteroatoms. The standard InChI is InChI=1S/C9H13N3/c1-7-10-4-8(5-11-7)6-12-9-2-3-9/h4-5,9,12H,2-3,6H2,1H3. The Hall–Kier alpha value is -0.960. The fourth-order valence-electron chi connectivity index (χ4n) is 1.06. The molecule has 1 aromatic rings. The molecule has 0 spiro atoms. The number of rotatable bonds is 3. The molecule has 0 bridgehead atoms. The lowest BCUT2D eigenvalue weighted by atomic mass is 10.3. The number of aromatic nitrogens is 2. The molecule has 1 aliphatic rings. The predicted octanol–water partition coefficient (Wildman–Crippen LogP) is 1.04. The molecule has 1 N–H and O–H groups in total. The van der Waals surface area contributed by atoms with Crippen molar-refractivity contribution in [3.05, 3.63) is 23.8 Å². The zero-order valence-corrected chi connectivity index (χ0v) is 7.25. The molecule has 0 amide bonds. The molecule has 2 rings (SSSR count). The highest BCUT2D eigenvalue weighted by Gasteiger charge is 2.19. The zero-order valence-electron chi connectivity index (χ0n) is 7.25. The SMILES string of the molecule is Cc1ncc(CNC2CC2)cn1. The van der Waals surface area contributed by atoms with E-state index in [2.05, 4.69) is 15.3 Å². The van der Waals surface area contributed by atoms with E-state index in [9.17, 15) is 0 Å². The minimum absolute atomic E-state index is 0.756. The maximum Gasteiger partial charge on any atom is 0.125 e. The average molecular weight is 163 g/mol. The van der Waals surface area contributed by atoms with Crippen LogP contribution in [0.1, 0.15) is 24.2 Å². The molecule has 3 nitrogen and oxygen atoms in total. The lowest BCUT2D eigenvalue weighted by Gasteiger charge is -2.01. The summed E-state index contributed by atoms with van der Waals surface area (Å²) in [5, 5.41) is 3.41. The van der Waals surface area contributed by atoms with E-state index in [1.807, 2.05) is 19.3 Å². The molecule has 12 heavy (non-hydrogen) atoms. The minimum atomic E-state index is 0.756. The third kappa shape index (κ3) is 2.01. The van der Waals surface area contributed by atoms with Crippen molar-refractivity contribution in [1.29, 1.82) is 0 Å². The topological polar surface area (TPSA) is 37.8 Å². The highest BCUT2D eigenvalue weighted by Crippen LogP contribution is 2.18. The average Bonchev–Trinajstić information content (AvgIpc) is 2.87. The smallest absolute Gasteiger partial charge is 0.125 e. The number of hydrogen-bond acceptors (Lipinski definition) is 3. The van der Waals surface area contributed by atoms with Gasteiger partial charge in [-0.3, -0.25) is 0 Å². The van der Waals surface area contributed by atoms with E-state index in [1.165, 1.54) is 18.4 Å². The predicted molar refractivity (Wildman–Crippen MR) is 46.6 cm³/mol. The van der Waals surface area contributed by atoms with Crippen LogP contribution < -0.4 is 5.32 Å². The molecular formula is C9H13N3. The third-order valence-corrected chi connectivity index (χ3v) is 2.01. The van der Waals surface area contributed by atoms with Crippen LogP contribution in [0.4, 0.5) is 0 Å². The molecule has 64 valence electrons. The first-order valence-corrected chi connectivity index (χ1v) is 4.35. The van der Waals surface area contributed by atoms with Gasteiger partial charge < -0.3 is 5.32 Å². The van der Waals surface area contributed by atoms with Gasteiger partial charge in [-0.05, 0) is 19.8 Å². The van der Waals surface area contributed by atoms with Gasteiger partial charge in [-0.1, -0.05) is 0 Å². The van der Waals surface area contributed by atoms with Crippen molar-refractivity contribution in [3.8, 4) is 0 Å². The van der Waals surface area contributed by atoms with Crippen molar-refractivity contribution in [1.82, 2.24) is 15.3 Å². The van der Waals surface area contributed by atoms with Crippen LogP contribution in [-0.2, 0) is 6.54 Å². The zero-order chi connectivity index (χ0) is 8.39. The van der Waals surface area contributed by atoms with Gasteiger partial charge >= 0.3 is 0 Å². The highest BCUT2D eigenvalue weighted by molar-refractivity contribution is 5.04. The Labute approximate surface area is 72.2 Å². The molecule has 1 aliphatic carbocycles. The van der Waals surface area contributed by atoms with Gasteiger partial charge in [0, 0.05) is 30.5 Å². The lowest BCUT2D eigenvalue weighted by molar-refractivity contribution is 0.682. The van der Waals surface area contributed by atoms with Crippen molar-refractivity contribution >= 4 is 0 Å². The molecule has 0 aromatic carbocycles. The summed E-state index contributed by atoms with van der Waals surface area (Å²) in [5.74, 6) is 0.838. The molecule has 1 aromatic heterocycles. The molecule has 0 aliphatic heterocycles. The summed E-state index contributed by atoms with van der Waals surface area (Å²) in [4.78, 5) is 8.25. The molecular weight excluding hydrogens is 150 g/mol. The van der Waals surface area contributed by atoms with E-state index in [-0.39, 0.29) is 0 Å². The van der Waals surface area contributed by atoms with Crippen molar-refractivity contribution < 1.29 is 0 Å². The third-order valence-electron chi connectivity index (χ3n) is 2.01. The van der Waals surface area contributed by atoms with Gasteiger partial charge in [-0.15, -0.1) is 0 Å². The summed E-state index contributed by atoms with van der Waals surface area (Å²) in [6.07, 6.45) is 6.43. The van der Waals surface area contributed by atoms with Crippen LogP contribution in [0.25, 0.3) is 0 Å². The normalized spacial score (nSPS) is 16.4. The van der Waals surface area contributed by atoms with Crippen molar-refractivity contribution in [2.24, 2.45) is 0 Å². The first-order valence-electron chi connectivity index (χ1n) is 4.35.